The van der Waals surface area contributed by atoms with E-state index < -0.39 is 30.6 Å². The smallest absolute Gasteiger partial charge is 0.167 e. The number of aliphatic hydroxyl groups excluding tert-OH is 4. The Balaban J connectivity index is 1.67. The largest absolute Gasteiger partial charge is 0.394 e. The van der Waals surface area contributed by atoms with Crippen molar-refractivity contribution in [3.8, 4) is 0 Å². The molecule has 2 aromatic rings. The molecule has 2 fully saturated rings. The molecule has 0 amide bonds. The maximum absolute atomic E-state index is 9.90. The zero-order valence-corrected chi connectivity index (χ0v) is 12.8. The van der Waals surface area contributed by atoms with Crippen LogP contribution in [0.15, 0.2) is 12.7 Å². The number of imidazole rings is 1. The molecule has 0 unspecified atom stereocenters. The van der Waals surface area contributed by atoms with Gasteiger partial charge in [0.25, 0.3) is 0 Å². The molecule has 4 heterocycles. The summed E-state index contributed by atoms with van der Waals surface area (Å²) in [5.74, 6) is 0.534. The number of β-amino-alcohol motifs (C(OH)–C–C–N with tert-alkyl or cyclic N) is 2. The predicted octanol–water partition coefficient (Wildman–Crippen LogP) is -1.99. The molecule has 0 radical (unpaired) electrons. The van der Waals surface area contributed by atoms with Crippen molar-refractivity contribution in [2.75, 3.05) is 24.6 Å². The van der Waals surface area contributed by atoms with Gasteiger partial charge in [0.1, 0.15) is 18.7 Å². The summed E-state index contributed by atoms with van der Waals surface area (Å²) in [6.45, 7) is 0.283. The highest BCUT2D eigenvalue weighted by Crippen LogP contribution is 2.32. The van der Waals surface area contributed by atoms with Crippen LogP contribution in [-0.2, 0) is 4.74 Å². The van der Waals surface area contributed by atoms with Crippen molar-refractivity contribution in [1.82, 2.24) is 19.5 Å². The molecule has 10 heteroatoms. The molecule has 24 heavy (non-hydrogen) atoms. The third-order valence-corrected chi connectivity index (χ3v) is 4.59. The number of nitrogens with zero attached hydrogens (tertiary/aromatic N) is 5. The van der Waals surface area contributed by atoms with Crippen molar-refractivity contribution in [2.45, 2.75) is 37.1 Å². The summed E-state index contributed by atoms with van der Waals surface area (Å²) in [6.07, 6.45) is -0.214. The van der Waals surface area contributed by atoms with Gasteiger partial charge in [-0.25, -0.2) is 15.0 Å². The lowest BCUT2D eigenvalue weighted by molar-refractivity contribution is -0.0432. The summed E-state index contributed by atoms with van der Waals surface area (Å²) in [4.78, 5) is 14.6. The van der Waals surface area contributed by atoms with Crippen LogP contribution in [0.5, 0.6) is 0 Å². The molecule has 130 valence electrons. The third kappa shape index (κ3) is 2.43. The lowest BCUT2D eigenvalue weighted by atomic mass is 10.2. The van der Waals surface area contributed by atoms with Gasteiger partial charge in [-0.2, -0.15) is 0 Å². The van der Waals surface area contributed by atoms with E-state index in [1.54, 1.807) is 15.8 Å². The second-order valence-corrected chi connectivity index (χ2v) is 6.18. The van der Waals surface area contributed by atoms with Gasteiger partial charge in [0.15, 0.2) is 17.0 Å². The maximum atomic E-state index is 9.90. The Hall–Kier alpha value is -1.85. The molecular weight excluding hydrogens is 318 g/mol. The second-order valence-electron chi connectivity index (χ2n) is 6.18. The fraction of sp³-hybridized carbons (Fsp3) is 0.643. The van der Waals surface area contributed by atoms with Crippen LogP contribution >= 0.6 is 0 Å². The van der Waals surface area contributed by atoms with Gasteiger partial charge in [-0.15, -0.1) is 0 Å². The fourth-order valence-corrected chi connectivity index (χ4v) is 3.27. The highest BCUT2D eigenvalue weighted by Gasteiger charge is 2.36. The molecular formula is C14H19N5O5. The van der Waals surface area contributed by atoms with Crippen LogP contribution in [0.4, 0.5) is 5.82 Å². The van der Waals surface area contributed by atoms with E-state index in [0.29, 0.717) is 23.4 Å². The molecule has 2 aliphatic rings. The zero-order chi connectivity index (χ0) is 16.8. The molecule has 4 rings (SSSR count). The first-order valence-corrected chi connectivity index (χ1v) is 7.81. The summed E-state index contributed by atoms with van der Waals surface area (Å²) in [7, 11) is 0. The third-order valence-electron chi connectivity index (χ3n) is 4.59. The molecule has 0 saturated carbocycles. The molecule has 0 aliphatic carbocycles. The number of hydrogen-bond donors (Lipinski definition) is 4. The zero-order valence-electron chi connectivity index (χ0n) is 12.8. The Morgan fingerprint density at radius 2 is 1.83 bits per heavy atom. The van der Waals surface area contributed by atoms with Crippen LogP contribution < -0.4 is 4.90 Å². The number of rotatable bonds is 3. The number of ether oxygens (including phenoxy) is 1. The lowest BCUT2D eigenvalue weighted by Gasteiger charge is -2.17. The summed E-state index contributed by atoms with van der Waals surface area (Å²) in [6, 6.07) is 0. The van der Waals surface area contributed by atoms with Gasteiger partial charge in [0.05, 0.1) is 31.2 Å². The SMILES string of the molecule is OC[C@H]1O[C@@H](n2cnc3c(N4C[C@H](O)[C@@H](O)C4)ncnc32)C[C@@H]1O. The second kappa shape index (κ2) is 5.90. The molecule has 0 spiro atoms. The number of hydrogen-bond acceptors (Lipinski definition) is 9. The Morgan fingerprint density at radius 3 is 2.50 bits per heavy atom. The first kappa shape index (κ1) is 15.7. The van der Waals surface area contributed by atoms with Gasteiger partial charge in [0.2, 0.25) is 0 Å². The summed E-state index contributed by atoms with van der Waals surface area (Å²) in [5, 5.41) is 38.6. The van der Waals surface area contributed by atoms with Gasteiger partial charge in [0, 0.05) is 19.5 Å². The number of fused-ring (bicyclic) bond motifs is 1. The van der Waals surface area contributed by atoms with E-state index in [9.17, 15) is 20.4 Å². The molecule has 0 bridgehead atoms. The quantitative estimate of drug-likeness (QED) is 0.501. The minimum absolute atomic E-state index is 0.256. The van der Waals surface area contributed by atoms with E-state index >= 15 is 0 Å². The molecule has 10 nitrogen and oxygen atoms in total. The summed E-state index contributed by atoms with van der Waals surface area (Å²) < 4.78 is 7.34. The van der Waals surface area contributed by atoms with Crippen LogP contribution in [-0.4, -0.2) is 84.1 Å². The number of aromatic nitrogens is 4. The van der Waals surface area contributed by atoms with E-state index in [-0.39, 0.29) is 19.7 Å². The van der Waals surface area contributed by atoms with Crippen molar-refractivity contribution < 1.29 is 25.2 Å². The van der Waals surface area contributed by atoms with Crippen molar-refractivity contribution >= 4 is 17.0 Å². The minimum Gasteiger partial charge on any atom is -0.394 e. The van der Waals surface area contributed by atoms with Crippen LogP contribution in [0.25, 0.3) is 11.2 Å². The maximum Gasteiger partial charge on any atom is 0.167 e. The Labute approximate surface area is 137 Å². The van der Waals surface area contributed by atoms with Crippen molar-refractivity contribution in [2.24, 2.45) is 0 Å². The van der Waals surface area contributed by atoms with Gasteiger partial charge in [-0.1, -0.05) is 0 Å². The molecule has 2 saturated heterocycles. The number of anilines is 1. The first-order valence-electron chi connectivity index (χ1n) is 7.81. The van der Waals surface area contributed by atoms with Crippen LogP contribution in [0.3, 0.4) is 0 Å². The lowest BCUT2D eigenvalue weighted by Crippen LogP contribution is -2.24. The van der Waals surface area contributed by atoms with Crippen LogP contribution in [0.1, 0.15) is 12.6 Å². The molecule has 0 aromatic carbocycles. The number of aliphatic hydroxyl groups is 4. The van der Waals surface area contributed by atoms with Crippen LogP contribution in [0, 0.1) is 0 Å². The van der Waals surface area contributed by atoms with Gasteiger partial charge in [-0.05, 0) is 0 Å². The average molecular weight is 337 g/mol. The van der Waals surface area contributed by atoms with Crippen LogP contribution in [0.2, 0.25) is 0 Å². The summed E-state index contributed by atoms with van der Waals surface area (Å²) in [5.41, 5.74) is 1.07. The standard InChI is InChI=1S/C14H19N5O5/c20-4-10-7(21)1-11(24-10)19-6-17-12-13(15-5-16-14(12)19)18-2-8(22)9(23)3-18/h5-11,20-23H,1-4H2/t7-,8-,9-,10+,11+/m0/s1. The first-order chi connectivity index (χ1) is 11.6. The van der Waals surface area contributed by atoms with Gasteiger partial charge in [-0.3, -0.25) is 4.57 Å². The predicted molar refractivity (Wildman–Crippen MR) is 81.2 cm³/mol. The molecule has 2 aliphatic heterocycles. The van der Waals surface area contributed by atoms with E-state index in [0.717, 1.165) is 0 Å². The Morgan fingerprint density at radius 1 is 1.08 bits per heavy atom. The van der Waals surface area contributed by atoms with E-state index in [1.165, 1.54) is 6.33 Å². The molecule has 5 atom stereocenters. The fourth-order valence-electron chi connectivity index (χ4n) is 3.27. The van der Waals surface area contributed by atoms with Gasteiger partial charge >= 0.3 is 0 Å². The Kier molecular flexibility index (Phi) is 3.85. The van der Waals surface area contributed by atoms with Crippen molar-refractivity contribution in [1.29, 1.82) is 0 Å². The van der Waals surface area contributed by atoms with E-state index in [2.05, 4.69) is 15.0 Å². The highest BCUT2D eigenvalue weighted by molar-refractivity contribution is 5.83. The topological polar surface area (TPSA) is 137 Å². The molecule has 4 N–H and O–H groups in total. The van der Waals surface area contributed by atoms with Crippen molar-refractivity contribution in [3.05, 3.63) is 12.7 Å². The average Bonchev–Trinajstić information content (AvgIpc) is 3.24. The van der Waals surface area contributed by atoms with E-state index in [1.807, 2.05) is 0 Å². The summed E-state index contributed by atoms with van der Waals surface area (Å²) >= 11 is 0. The Bertz CT molecular complexity index is 729. The normalized spacial score (nSPS) is 33.7. The monoisotopic (exact) mass is 337 g/mol. The molecule has 2 aromatic heterocycles. The van der Waals surface area contributed by atoms with Crippen molar-refractivity contribution in [3.63, 3.8) is 0 Å². The van der Waals surface area contributed by atoms with Gasteiger partial charge < -0.3 is 30.1 Å². The van der Waals surface area contributed by atoms with E-state index in [4.69, 9.17) is 4.74 Å². The highest BCUT2D eigenvalue weighted by atomic mass is 16.5. The minimum atomic E-state index is -0.823.